The Morgan fingerprint density at radius 1 is 1.53 bits per heavy atom. The van der Waals surface area contributed by atoms with E-state index in [2.05, 4.69) is 27.9 Å². The van der Waals surface area contributed by atoms with Gasteiger partial charge in [0.2, 0.25) is 0 Å². The molecule has 0 saturated heterocycles. The summed E-state index contributed by atoms with van der Waals surface area (Å²) in [6.07, 6.45) is 5.54. The van der Waals surface area contributed by atoms with Crippen LogP contribution in [0.1, 0.15) is 5.56 Å². The summed E-state index contributed by atoms with van der Waals surface area (Å²) in [5.41, 5.74) is 2.17. The third kappa shape index (κ3) is 3.15. The summed E-state index contributed by atoms with van der Waals surface area (Å²) in [5, 5.41) is 4.50. The molecule has 0 bridgehead atoms. The molecule has 90 valence electrons. The van der Waals surface area contributed by atoms with Crippen LogP contribution in [0.15, 0.2) is 37.2 Å². The van der Waals surface area contributed by atoms with Crippen LogP contribution >= 0.6 is 0 Å². The average Bonchev–Trinajstić information content (AvgIpc) is 2.77. The Bertz CT molecular complexity index is 478. The molecule has 2 aromatic rings. The van der Waals surface area contributed by atoms with Crippen LogP contribution in [-0.4, -0.2) is 29.7 Å². The number of H-pyrrole nitrogens is 1. The lowest BCUT2D eigenvalue weighted by Gasteiger charge is -2.03. The van der Waals surface area contributed by atoms with Gasteiger partial charge in [-0.05, 0) is 17.7 Å². The highest BCUT2D eigenvalue weighted by atomic mass is 16.5. The van der Waals surface area contributed by atoms with E-state index in [-0.39, 0.29) is 0 Å². The summed E-state index contributed by atoms with van der Waals surface area (Å²) in [6.45, 7) is 6.56. The first-order chi connectivity index (χ1) is 8.42. The number of hydrogen-bond acceptors (Lipinski definition) is 3. The molecule has 0 aliphatic rings. The van der Waals surface area contributed by atoms with Gasteiger partial charge in [0.25, 0.3) is 0 Å². The van der Waals surface area contributed by atoms with Crippen molar-refractivity contribution in [1.82, 2.24) is 15.3 Å². The van der Waals surface area contributed by atoms with Crippen LogP contribution < -0.4 is 5.32 Å². The van der Waals surface area contributed by atoms with Gasteiger partial charge in [0.1, 0.15) is 5.65 Å². The van der Waals surface area contributed by atoms with Crippen molar-refractivity contribution in [3.8, 4) is 0 Å². The smallest absolute Gasteiger partial charge is 0.137 e. The fraction of sp³-hybridized carbons (Fsp3) is 0.308. The largest absolute Gasteiger partial charge is 0.376 e. The van der Waals surface area contributed by atoms with Gasteiger partial charge >= 0.3 is 0 Å². The Labute approximate surface area is 101 Å². The second-order valence-electron chi connectivity index (χ2n) is 3.75. The molecular formula is C13H17N3O. The maximum Gasteiger partial charge on any atom is 0.137 e. The zero-order valence-electron chi connectivity index (χ0n) is 9.78. The molecular weight excluding hydrogens is 214 g/mol. The average molecular weight is 231 g/mol. The quantitative estimate of drug-likeness (QED) is 0.565. The number of hydrogen-bond donors (Lipinski definition) is 2. The standard InChI is InChI=1S/C13H17N3O/c1-2-7-17-8-6-14-9-11-10-16-13-12(11)4-3-5-15-13/h2-5,10,14H,1,6-9H2,(H,15,16). The molecule has 0 saturated carbocycles. The molecule has 4 heteroatoms. The molecule has 0 aliphatic carbocycles. The minimum atomic E-state index is 0.610. The molecule has 0 atom stereocenters. The maximum absolute atomic E-state index is 5.29. The van der Waals surface area contributed by atoms with Crippen molar-refractivity contribution in [1.29, 1.82) is 0 Å². The number of aromatic amines is 1. The first-order valence-electron chi connectivity index (χ1n) is 5.72. The molecule has 0 fully saturated rings. The van der Waals surface area contributed by atoms with Crippen molar-refractivity contribution < 1.29 is 4.74 Å². The normalized spacial score (nSPS) is 10.8. The van der Waals surface area contributed by atoms with Gasteiger partial charge in [-0.3, -0.25) is 0 Å². The highest BCUT2D eigenvalue weighted by Crippen LogP contribution is 2.14. The van der Waals surface area contributed by atoms with Crippen LogP contribution in [0.25, 0.3) is 11.0 Å². The van der Waals surface area contributed by atoms with E-state index in [1.54, 1.807) is 12.3 Å². The van der Waals surface area contributed by atoms with Crippen molar-refractivity contribution in [2.75, 3.05) is 19.8 Å². The van der Waals surface area contributed by atoms with Gasteiger partial charge in [0, 0.05) is 30.9 Å². The van der Waals surface area contributed by atoms with E-state index in [4.69, 9.17) is 4.74 Å². The summed E-state index contributed by atoms with van der Waals surface area (Å²) in [7, 11) is 0. The lowest BCUT2D eigenvalue weighted by molar-refractivity contribution is 0.164. The highest BCUT2D eigenvalue weighted by molar-refractivity contribution is 5.79. The number of pyridine rings is 1. The Morgan fingerprint density at radius 3 is 3.35 bits per heavy atom. The van der Waals surface area contributed by atoms with E-state index in [9.17, 15) is 0 Å². The molecule has 4 nitrogen and oxygen atoms in total. The molecule has 0 radical (unpaired) electrons. The second-order valence-corrected chi connectivity index (χ2v) is 3.75. The lowest BCUT2D eigenvalue weighted by atomic mass is 10.2. The molecule has 17 heavy (non-hydrogen) atoms. The number of rotatable bonds is 7. The number of fused-ring (bicyclic) bond motifs is 1. The van der Waals surface area contributed by atoms with Crippen molar-refractivity contribution >= 4 is 11.0 Å². The number of nitrogens with zero attached hydrogens (tertiary/aromatic N) is 1. The zero-order chi connectivity index (χ0) is 11.9. The third-order valence-electron chi connectivity index (χ3n) is 2.51. The molecule has 2 heterocycles. The lowest BCUT2D eigenvalue weighted by Crippen LogP contribution is -2.19. The van der Waals surface area contributed by atoms with Crippen LogP contribution in [0, 0.1) is 0 Å². The molecule has 0 unspecified atom stereocenters. The summed E-state index contributed by atoms with van der Waals surface area (Å²) < 4.78 is 5.29. The SMILES string of the molecule is C=CCOCCNCc1c[nH]c2ncccc12. The van der Waals surface area contributed by atoms with Crippen LogP contribution in [0.4, 0.5) is 0 Å². The van der Waals surface area contributed by atoms with Crippen molar-refractivity contribution in [2.45, 2.75) is 6.54 Å². The topological polar surface area (TPSA) is 49.9 Å². The van der Waals surface area contributed by atoms with Gasteiger partial charge in [0.15, 0.2) is 0 Å². The van der Waals surface area contributed by atoms with Crippen LogP contribution in [0.2, 0.25) is 0 Å². The molecule has 2 aromatic heterocycles. The number of aromatic nitrogens is 2. The van der Waals surface area contributed by atoms with Crippen molar-refractivity contribution in [2.24, 2.45) is 0 Å². The molecule has 0 aromatic carbocycles. The number of ether oxygens (including phenoxy) is 1. The molecule has 2 N–H and O–H groups in total. The zero-order valence-corrected chi connectivity index (χ0v) is 9.78. The summed E-state index contributed by atoms with van der Waals surface area (Å²) in [5.74, 6) is 0. The van der Waals surface area contributed by atoms with Crippen molar-refractivity contribution in [3.05, 3.63) is 42.7 Å². The highest BCUT2D eigenvalue weighted by Gasteiger charge is 2.02. The Hall–Kier alpha value is -1.65. The predicted molar refractivity (Wildman–Crippen MR) is 68.8 cm³/mol. The van der Waals surface area contributed by atoms with Crippen LogP contribution in [0.5, 0.6) is 0 Å². The minimum absolute atomic E-state index is 0.610. The van der Waals surface area contributed by atoms with Gasteiger partial charge in [-0.1, -0.05) is 6.08 Å². The van der Waals surface area contributed by atoms with E-state index in [0.29, 0.717) is 13.2 Å². The third-order valence-corrected chi connectivity index (χ3v) is 2.51. The van der Waals surface area contributed by atoms with E-state index < -0.39 is 0 Å². The number of nitrogens with one attached hydrogen (secondary N) is 2. The summed E-state index contributed by atoms with van der Waals surface area (Å²) in [6, 6.07) is 4.02. The fourth-order valence-electron chi connectivity index (χ4n) is 1.69. The predicted octanol–water partition coefficient (Wildman–Crippen LogP) is 1.86. The van der Waals surface area contributed by atoms with Crippen LogP contribution in [-0.2, 0) is 11.3 Å². The Morgan fingerprint density at radius 2 is 2.47 bits per heavy atom. The summed E-state index contributed by atoms with van der Waals surface area (Å²) in [4.78, 5) is 7.41. The Kier molecular flexibility index (Phi) is 4.30. The molecule has 0 aliphatic heterocycles. The van der Waals surface area contributed by atoms with E-state index >= 15 is 0 Å². The fourth-order valence-corrected chi connectivity index (χ4v) is 1.69. The first kappa shape index (κ1) is 11.8. The second kappa shape index (κ2) is 6.18. The maximum atomic E-state index is 5.29. The van der Waals surface area contributed by atoms with E-state index in [1.807, 2.05) is 12.3 Å². The van der Waals surface area contributed by atoms with Gasteiger partial charge in [-0.25, -0.2) is 4.98 Å². The monoisotopic (exact) mass is 231 g/mol. The van der Waals surface area contributed by atoms with Gasteiger partial charge < -0.3 is 15.0 Å². The molecule has 0 amide bonds. The first-order valence-corrected chi connectivity index (χ1v) is 5.72. The van der Waals surface area contributed by atoms with Crippen molar-refractivity contribution in [3.63, 3.8) is 0 Å². The van der Waals surface area contributed by atoms with Gasteiger partial charge in [0.05, 0.1) is 13.2 Å². The molecule has 0 spiro atoms. The van der Waals surface area contributed by atoms with E-state index in [1.165, 1.54) is 10.9 Å². The Balaban J connectivity index is 1.81. The minimum Gasteiger partial charge on any atom is -0.376 e. The van der Waals surface area contributed by atoms with Crippen LogP contribution in [0.3, 0.4) is 0 Å². The van der Waals surface area contributed by atoms with E-state index in [0.717, 1.165) is 18.7 Å². The molecule has 2 rings (SSSR count). The van der Waals surface area contributed by atoms with Gasteiger partial charge in [-0.15, -0.1) is 6.58 Å². The van der Waals surface area contributed by atoms with Gasteiger partial charge in [-0.2, -0.15) is 0 Å². The summed E-state index contributed by atoms with van der Waals surface area (Å²) >= 11 is 0.